The summed E-state index contributed by atoms with van der Waals surface area (Å²) < 4.78 is 4.30. The zero-order valence-electron chi connectivity index (χ0n) is 7.24. The van der Waals surface area contributed by atoms with Crippen LogP contribution in [0, 0.1) is 0 Å². The number of esters is 1. The van der Waals surface area contributed by atoms with Crippen LogP contribution in [0.25, 0.3) is 0 Å². The van der Waals surface area contributed by atoms with Gasteiger partial charge in [0.25, 0.3) is 0 Å². The maximum atomic E-state index is 10.8. The molecule has 0 fully saturated rings. The Bertz CT molecular complexity index is 214. The molecule has 0 saturated carbocycles. The van der Waals surface area contributed by atoms with Gasteiger partial charge < -0.3 is 4.74 Å². The first kappa shape index (κ1) is 10.6. The molecule has 0 aromatic carbocycles. The Labute approximate surface area is 71.7 Å². The highest BCUT2D eigenvalue weighted by Gasteiger charge is 1.92. The molecule has 0 aliphatic heterocycles. The lowest BCUT2D eigenvalue weighted by Gasteiger charge is -1.87. The number of methoxy groups -OCH3 is 1. The van der Waals surface area contributed by atoms with E-state index < -0.39 is 5.97 Å². The first-order valence-electron chi connectivity index (χ1n) is 3.67. The summed E-state index contributed by atoms with van der Waals surface area (Å²) in [4.78, 5) is 21.3. The van der Waals surface area contributed by atoms with Crippen molar-refractivity contribution in [1.82, 2.24) is 0 Å². The summed E-state index contributed by atoms with van der Waals surface area (Å²) in [6.45, 7) is 1.92. The topological polar surface area (TPSA) is 43.4 Å². The molecular weight excluding hydrogens is 156 g/mol. The smallest absolute Gasteiger partial charge is 0.330 e. The number of ether oxygens (including phenoxy) is 1. The van der Waals surface area contributed by atoms with E-state index in [4.69, 9.17) is 0 Å². The van der Waals surface area contributed by atoms with E-state index in [0.29, 0.717) is 0 Å². The summed E-state index contributed by atoms with van der Waals surface area (Å²) >= 11 is 0. The van der Waals surface area contributed by atoms with Crippen molar-refractivity contribution in [3.63, 3.8) is 0 Å². The predicted molar refractivity (Wildman–Crippen MR) is 45.6 cm³/mol. The quantitative estimate of drug-likeness (QED) is 0.468. The molecule has 0 aliphatic rings. The summed E-state index contributed by atoms with van der Waals surface area (Å²) in [7, 11) is 1.26. The molecular formula is C9H12O3. The molecule has 3 nitrogen and oxygen atoms in total. The van der Waals surface area contributed by atoms with E-state index in [-0.39, 0.29) is 5.78 Å². The molecule has 0 aromatic rings. The Morgan fingerprint density at radius 1 is 1.25 bits per heavy atom. The number of allylic oxidation sites excluding steroid dienone is 3. The predicted octanol–water partition coefficient (Wildman–Crippen LogP) is 1.25. The second kappa shape index (κ2) is 6.34. The van der Waals surface area contributed by atoms with Crippen LogP contribution in [0.3, 0.4) is 0 Å². The number of ketones is 1. The van der Waals surface area contributed by atoms with Gasteiger partial charge in [0.1, 0.15) is 0 Å². The molecule has 0 spiro atoms. The SMILES string of the molecule is CC/C=C/C(=O)/C=C/C(=O)OC. The number of rotatable bonds is 4. The molecule has 0 unspecified atom stereocenters. The minimum atomic E-state index is -0.520. The minimum Gasteiger partial charge on any atom is -0.466 e. The van der Waals surface area contributed by atoms with Crippen molar-refractivity contribution < 1.29 is 14.3 Å². The normalized spacial score (nSPS) is 10.8. The van der Waals surface area contributed by atoms with E-state index in [9.17, 15) is 9.59 Å². The third-order valence-corrected chi connectivity index (χ3v) is 1.10. The Balaban J connectivity index is 3.91. The summed E-state index contributed by atoms with van der Waals surface area (Å²) in [6.07, 6.45) is 6.22. The van der Waals surface area contributed by atoms with E-state index in [1.54, 1.807) is 6.08 Å². The van der Waals surface area contributed by atoms with Crippen LogP contribution in [-0.2, 0) is 14.3 Å². The van der Waals surface area contributed by atoms with Crippen LogP contribution < -0.4 is 0 Å². The molecule has 0 N–H and O–H groups in total. The highest BCUT2D eigenvalue weighted by molar-refractivity contribution is 6.02. The lowest BCUT2D eigenvalue weighted by Crippen LogP contribution is -1.95. The number of carbonyl (C=O) groups excluding carboxylic acids is 2. The maximum Gasteiger partial charge on any atom is 0.330 e. The molecule has 0 rings (SSSR count). The molecule has 0 heterocycles. The average molecular weight is 168 g/mol. The zero-order valence-corrected chi connectivity index (χ0v) is 7.24. The van der Waals surface area contributed by atoms with Gasteiger partial charge in [0.15, 0.2) is 5.78 Å². The van der Waals surface area contributed by atoms with Gasteiger partial charge in [0.2, 0.25) is 0 Å². The van der Waals surface area contributed by atoms with Crippen molar-refractivity contribution in [1.29, 1.82) is 0 Å². The fourth-order valence-electron chi connectivity index (χ4n) is 0.508. The second-order valence-electron chi connectivity index (χ2n) is 2.07. The summed E-state index contributed by atoms with van der Waals surface area (Å²) in [6, 6.07) is 0. The Kier molecular flexibility index (Phi) is 5.61. The standard InChI is InChI=1S/C9H12O3/c1-3-4-5-8(10)6-7-9(11)12-2/h4-7H,3H2,1-2H3/b5-4+,7-6+. The molecule has 66 valence electrons. The molecule has 12 heavy (non-hydrogen) atoms. The molecule has 0 aliphatic carbocycles. The number of hydrogen-bond donors (Lipinski definition) is 0. The number of carbonyl (C=O) groups is 2. The molecule has 0 atom stereocenters. The van der Waals surface area contributed by atoms with Gasteiger partial charge in [-0.1, -0.05) is 13.0 Å². The Hall–Kier alpha value is -1.38. The van der Waals surface area contributed by atoms with E-state index in [0.717, 1.165) is 12.5 Å². The Morgan fingerprint density at radius 2 is 1.92 bits per heavy atom. The zero-order chi connectivity index (χ0) is 9.40. The summed E-state index contributed by atoms with van der Waals surface area (Å²) in [5.41, 5.74) is 0. The first-order valence-corrected chi connectivity index (χ1v) is 3.67. The van der Waals surface area contributed by atoms with Crippen LogP contribution in [0.15, 0.2) is 24.3 Å². The largest absolute Gasteiger partial charge is 0.466 e. The highest BCUT2D eigenvalue weighted by atomic mass is 16.5. The van der Waals surface area contributed by atoms with E-state index >= 15 is 0 Å². The first-order chi connectivity index (χ1) is 5.70. The van der Waals surface area contributed by atoms with Crippen LogP contribution in [0.4, 0.5) is 0 Å². The molecule has 3 heteroatoms. The van der Waals surface area contributed by atoms with Crippen molar-refractivity contribution in [3.8, 4) is 0 Å². The van der Waals surface area contributed by atoms with Gasteiger partial charge in [-0.25, -0.2) is 4.79 Å². The van der Waals surface area contributed by atoms with Crippen molar-refractivity contribution in [2.75, 3.05) is 7.11 Å². The van der Waals surface area contributed by atoms with Crippen LogP contribution >= 0.6 is 0 Å². The van der Waals surface area contributed by atoms with E-state index in [2.05, 4.69) is 4.74 Å². The van der Waals surface area contributed by atoms with E-state index in [1.807, 2.05) is 6.92 Å². The fraction of sp³-hybridized carbons (Fsp3) is 0.333. The average Bonchev–Trinajstić information content (AvgIpc) is 2.10. The van der Waals surface area contributed by atoms with Crippen LogP contribution in [-0.4, -0.2) is 18.9 Å². The van der Waals surface area contributed by atoms with Gasteiger partial charge in [-0.05, 0) is 18.6 Å². The van der Waals surface area contributed by atoms with Crippen LogP contribution in [0.2, 0.25) is 0 Å². The van der Waals surface area contributed by atoms with Crippen molar-refractivity contribution >= 4 is 11.8 Å². The molecule has 0 amide bonds. The third kappa shape index (κ3) is 5.41. The molecule has 0 saturated heterocycles. The van der Waals surface area contributed by atoms with Gasteiger partial charge in [-0.3, -0.25) is 4.79 Å². The summed E-state index contributed by atoms with van der Waals surface area (Å²) in [5.74, 6) is -0.726. The number of hydrogen-bond acceptors (Lipinski definition) is 3. The fourth-order valence-corrected chi connectivity index (χ4v) is 0.508. The van der Waals surface area contributed by atoms with Crippen molar-refractivity contribution in [3.05, 3.63) is 24.3 Å². The van der Waals surface area contributed by atoms with Crippen molar-refractivity contribution in [2.45, 2.75) is 13.3 Å². The van der Waals surface area contributed by atoms with Gasteiger partial charge >= 0.3 is 5.97 Å². The second-order valence-corrected chi connectivity index (χ2v) is 2.07. The third-order valence-electron chi connectivity index (χ3n) is 1.10. The van der Waals surface area contributed by atoms with E-state index in [1.165, 1.54) is 19.3 Å². The lowest BCUT2D eigenvalue weighted by atomic mass is 10.3. The van der Waals surface area contributed by atoms with Gasteiger partial charge in [0, 0.05) is 6.08 Å². The van der Waals surface area contributed by atoms with Gasteiger partial charge in [-0.2, -0.15) is 0 Å². The molecule has 0 radical (unpaired) electrons. The van der Waals surface area contributed by atoms with Crippen LogP contribution in [0.5, 0.6) is 0 Å². The van der Waals surface area contributed by atoms with Gasteiger partial charge in [0.05, 0.1) is 7.11 Å². The van der Waals surface area contributed by atoms with Gasteiger partial charge in [-0.15, -0.1) is 0 Å². The Morgan fingerprint density at radius 3 is 2.42 bits per heavy atom. The maximum absolute atomic E-state index is 10.8. The summed E-state index contributed by atoms with van der Waals surface area (Å²) in [5, 5.41) is 0. The monoisotopic (exact) mass is 168 g/mol. The molecule has 0 bridgehead atoms. The highest BCUT2D eigenvalue weighted by Crippen LogP contribution is 1.85. The van der Waals surface area contributed by atoms with Crippen molar-refractivity contribution in [2.24, 2.45) is 0 Å². The molecule has 0 aromatic heterocycles. The minimum absolute atomic E-state index is 0.206. The van der Waals surface area contributed by atoms with Crippen LogP contribution in [0.1, 0.15) is 13.3 Å². The lowest BCUT2D eigenvalue weighted by molar-refractivity contribution is -0.135.